The minimum absolute atomic E-state index is 0.00676. The Morgan fingerprint density at radius 1 is 1.00 bits per heavy atom. The second-order valence-corrected chi connectivity index (χ2v) is 5.20. The van der Waals surface area contributed by atoms with Crippen molar-refractivity contribution in [3.63, 3.8) is 0 Å². The Morgan fingerprint density at radius 3 is 2.16 bits per heavy atom. The lowest BCUT2D eigenvalue weighted by Crippen LogP contribution is -1.93. The van der Waals surface area contributed by atoms with Gasteiger partial charge in [-0.2, -0.15) is 0 Å². The summed E-state index contributed by atoms with van der Waals surface area (Å²) in [6.07, 6.45) is 3.67. The predicted molar refractivity (Wildman–Crippen MR) is 78.6 cm³/mol. The second-order valence-electron chi connectivity index (χ2n) is 5.20. The van der Waals surface area contributed by atoms with Gasteiger partial charge in [0.25, 0.3) is 0 Å². The topological polar surface area (TPSA) is 60.7 Å². The molecule has 3 nitrogen and oxygen atoms in total. The smallest absolute Gasteiger partial charge is 0.133 e. The normalized spacial score (nSPS) is 10.5. The maximum absolute atomic E-state index is 10.3. The number of hydrogen-bond acceptors (Lipinski definition) is 3. The summed E-state index contributed by atoms with van der Waals surface area (Å²) in [4.78, 5) is 0. The maximum Gasteiger partial charge on any atom is 0.133 e. The van der Waals surface area contributed by atoms with Crippen molar-refractivity contribution < 1.29 is 15.3 Å². The Hall–Kier alpha value is -1.64. The summed E-state index contributed by atoms with van der Waals surface area (Å²) in [5.41, 5.74) is 2.83. The molecule has 3 N–H and O–H groups in total. The predicted octanol–water partition coefficient (Wildman–Crippen LogP) is 4.35. The molecule has 0 amide bonds. The molecule has 0 saturated heterocycles. The molecule has 3 heteroatoms. The van der Waals surface area contributed by atoms with E-state index in [1.807, 2.05) is 20.8 Å². The first kappa shape index (κ1) is 15.4. The highest BCUT2D eigenvalue weighted by molar-refractivity contribution is 5.78. The first-order valence-electron chi connectivity index (χ1n) is 6.81. The summed E-state index contributed by atoms with van der Waals surface area (Å²) >= 11 is 0. The van der Waals surface area contributed by atoms with Crippen LogP contribution in [0.2, 0.25) is 0 Å². The van der Waals surface area contributed by atoms with Gasteiger partial charge in [-0.3, -0.25) is 0 Å². The van der Waals surface area contributed by atoms with Crippen LogP contribution >= 0.6 is 0 Å². The molecule has 0 spiro atoms. The fourth-order valence-corrected chi connectivity index (χ4v) is 2.10. The van der Waals surface area contributed by atoms with E-state index in [1.165, 1.54) is 6.07 Å². The zero-order chi connectivity index (χ0) is 14.6. The van der Waals surface area contributed by atoms with Gasteiger partial charge in [0.1, 0.15) is 17.2 Å². The van der Waals surface area contributed by atoms with E-state index in [1.54, 1.807) is 0 Å². The summed E-state index contributed by atoms with van der Waals surface area (Å²) in [6, 6.07) is 1.32. The molecule has 0 atom stereocenters. The molecule has 1 aromatic carbocycles. The Bertz CT molecular complexity index is 483. The van der Waals surface area contributed by atoms with Crippen molar-refractivity contribution in [1.29, 1.82) is 0 Å². The van der Waals surface area contributed by atoms with Crippen LogP contribution in [-0.2, 0) is 6.42 Å². The fourth-order valence-electron chi connectivity index (χ4n) is 2.10. The highest BCUT2D eigenvalue weighted by Crippen LogP contribution is 2.42. The summed E-state index contributed by atoms with van der Waals surface area (Å²) in [6.45, 7) is 7.82. The van der Waals surface area contributed by atoms with Gasteiger partial charge < -0.3 is 15.3 Å². The van der Waals surface area contributed by atoms with Gasteiger partial charge in [0.05, 0.1) is 5.56 Å². The van der Waals surface area contributed by atoms with Crippen LogP contribution < -0.4 is 0 Å². The van der Waals surface area contributed by atoms with E-state index < -0.39 is 0 Å². The summed E-state index contributed by atoms with van der Waals surface area (Å²) in [7, 11) is 0. The first-order valence-corrected chi connectivity index (χ1v) is 6.81. The van der Waals surface area contributed by atoms with Crippen molar-refractivity contribution in [2.45, 2.75) is 53.4 Å². The van der Waals surface area contributed by atoms with E-state index >= 15 is 0 Å². The standard InChI is InChI=1S/C16H24O3/c1-5-6-7-8-12-13(17)9-14(18)15(16(12)19)11(4)10(2)3/h9,17-19H,5-8H2,1-4H3. The summed E-state index contributed by atoms with van der Waals surface area (Å²) in [5, 5.41) is 30.1. The van der Waals surface area contributed by atoms with E-state index in [-0.39, 0.29) is 17.2 Å². The van der Waals surface area contributed by atoms with Crippen molar-refractivity contribution >= 4 is 5.57 Å². The Morgan fingerprint density at radius 2 is 1.63 bits per heavy atom. The van der Waals surface area contributed by atoms with Crippen molar-refractivity contribution in [2.24, 2.45) is 0 Å². The van der Waals surface area contributed by atoms with Gasteiger partial charge in [-0.1, -0.05) is 25.3 Å². The number of allylic oxidation sites excluding steroid dienone is 2. The van der Waals surface area contributed by atoms with Crippen molar-refractivity contribution in [3.8, 4) is 17.2 Å². The van der Waals surface area contributed by atoms with Crippen LogP contribution in [0.5, 0.6) is 17.2 Å². The zero-order valence-corrected chi connectivity index (χ0v) is 12.2. The van der Waals surface area contributed by atoms with Crippen LogP contribution in [0.1, 0.15) is 58.1 Å². The van der Waals surface area contributed by atoms with E-state index in [0.717, 1.165) is 30.4 Å². The van der Waals surface area contributed by atoms with Gasteiger partial charge >= 0.3 is 0 Å². The highest BCUT2D eigenvalue weighted by atomic mass is 16.3. The number of unbranched alkanes of at least 4 members (excludes halogenated alkanes) is 2. The molecule has 0 saturated carbocycles. The average molecular weight is 264 g/mol. The van der Waals surface area contributed by atoms with E-state index in [4.69, 9.17) is 0 Å². The molecular weight excluding hydrogens is 240 g/mol. The molecule has 0 fully saturated rings. The Kier molecular flexibility index (Phi) is 5.28. The van der Waals surface area contributed by atoms with Crippen molar-refractivity contribution in [2.75, 3.05) is 0 Å². The lowest BCUT2D eigenvalue weighted by molar-refractivity contribution is 0.415. The van der Waals surface area contributed by atoms with Crippen molar-refractivity contribution in [3.05, 3.63) is 22.8 Å². The lowest BCUT2D eigenvalue weighted by atomic mass is 9.95. The number of benzene rings is 1. The average Bonchev–Trinajstić information content (AvgIpc) is 2.32. The molecule has 0 unspecified atom stereocenters. The number of phenolic OH excluding ortho intramolecular Hbond substituents is 3. The van der Waals surface area contributed by atoms with Gasteiger partial charge in [0, 0.05) is 11.6 Å². The van der Waals surface area contributed by atoms with E-state index in [0.29, 0.717) is 17.5 Å². The van der Waals surface area contributed by atoms with Crippen LogP contribution in [0.25, 0.3) is 5.57 Å². The van der Waals surface area contributed by atoms with Crippen LogP contribution in [0.3, 0.4) is 0 Å². The molecule has 1 rings (SSSR count). The van der Waals surface area contributed by atoms with Gasteiger partial charge in [-0.15, -0.1) is 0 Å². The van der Waals surface area contributed by atoms with Crippen LogP contribution in [0.4, 0.5) is 0 Å². The molecule has 0 aliphatic rings. The molecule has 0 heterocycles. The molecule has 0 aromatic heterocycles. The summed E-state index contributed by atoms with van der Waals surface area (Å²) in [5.74, 6) is -0.100. The van der Waals surface area contributed by atoms with Crippen LogP contribution in [-0.4, -0.2) is 15.3 Å². The second kappa shape index (κ2) is 6.50. The summed E-state index contributed by atoms with van der Waals surface area (Å²) < 4.78 is 0. The van der Waals surface area contributed by atoms with Gasteiger partial charge in [-0.05, 0) is 39.2 Å². The third-order valence-corrected chi connectivity index (χ3v) is 3.52. The molecule has 106 valence electrons. The highest BCUT2D eigenvalue weighted by Gasteiger charge is 2.18. The molecule has 0 aliphatic heterocycles. The minimum atomic E-state index is -0.0760. The number of hydrogen-bond donors (Lipinski definition) is 3. The number of phenols is 3. The zero-order valence-electron chi connectivity index (χ0n) is 12.2. The number of aromatic hydroxyl groups is 3. The van der Waals surface area contributed by atoms with Crippen molar-refractivity contribution in [1.82, 2.24) is 0 Å². The van der Waals surface area contributed by atoms with Crippen LogP contribution in [0, 0.1) is 0 Å². The fraction of sp³-hybridized carbons (Fsp3) is 0.500. The van der Waals surface area contributed by atoms with Crippen LogP contribution in [0.15, 0.2) is 11.6 Å². The largest absolute Gasteiger partial charge is 0.507 e. The molecule has 1 aromatic rings. The molecule has 19 heavy (non-hydrogen) atoms. The molecule has 0 bridgehead atoms. The maximum atomic E-state index is 10.3. The monoisotopic (exact) mass is 264 g/mol. The minimum Gasteiger partial charge on any atom is -0.507 e. The molecule has 0 aliphatic carbocycles. The van der Waals surface area contributed by atoms with Gasteiger partial charge in [-0.25, -0.2) is 0 Å². The Labute approximate surface area is 115 Å². The van der Waals surface area contributed by atoms with Gasteiger partial charge in [0.15, 0.2) is 0 Å². The van der Waals surface area contributed by atoms with E-state index in [2.05, 4.69) is 6.92 Å². The third-order valence-electron chi connectivity index (χ3n) is 3.52. The SMILES string of the molecule is CCCCCc1c(O)cc(O)c(C(C)=C(C)C)c1O. The number of rotatable bonds is 5. The lowest BCUT2D eigenvalue weighted by Gasteiger charge is -2.15. The quantitative estimate of drug-likeness (QED) is 0.693. The third kappa shape index (κ3) is 3.43. The van der Waals surface area contributed by atoms with E-state index in [9.17, 15) is 15.3 Å². The molecule has 0 radical (unpaired) electrons. The first-order chi connectivity index (χ1) is 8.90. The Balaban J connectivity index is 3.27. The van der Waals surface area contributed by atoms with Gasteiger partial charge in [0.2, 0.25) is 0 Å². The molecular formula is C16H24O3.